The zero-order chi connectivity index (χ0) is 16.8. The summed E-state index contributed by atoms with van der Waals surface area (Å²) in [7, 11) is 0. The Morgan fingerprint density at radius 2 is 1.96 bits per heavy atom. The number of nitriles is 1. The van der Waals surface area contributed by atoms with Gasteiger partial charge in [0.25, 0.3) is 5.91 Å². The standard InChI is InChI=1S/C16H10Cl2N2O3/c17-11-4-5-14(18)13(7-11)16(22)23-9-15(21)20-12-3-1-2-10(6-12)8-19/h1-7H,9H2,(H,20,21). The molecule has 116 valence electrons. The van der Waals surface area contributed by atoms with E-state index >= 15 is 0 Å². The van der Waals surface area contributed by atoms with E-state index < -0.39 is 18.5 Å². The third-order valence-electron chi connectivity index (χ3n) is 2.76. The fourth-order valence-electron chi connectivity index (χ4n) is 1.73. The molecule has 2 aromatic rings. The van der Waals surface area contributed by atoms with Crippen LogP contribution in [0.15, 0.2) is 42.5 Å². The van der Waals surface area contributed by atoms with Crippen molar-refractivity contribution in [1.29, 1.82) is 5.26 Å². The van der Waals surface area contributed by atoms with E-state index in [-0.39, 0.29) is 10.6 Å². The normalized spacial score (nSPS) is 9.78. The molecule has 2 rings (SSSR count). The average Bonchev–Trinajstić information content (AvgIpc) is 2.55. The minimum absolute atomic E-state index is 0.0819. The summed E-state index contributed by atoms with van der Waals surface area (Å²) in [5.41, 5.74) is 0.926. The molecule has 0 bridgehead atoms. The summed E-state index contributed by atoms with van der Waals surface area (Å²) in [6.07, 6.45) is 0. The molecule has 1 amide bonds. The van der Waals surface area contributed by atoms with Gasteiger partial charge in [-0.2, -0.15) is 5.26 Å². The van der Waals surface area contributed by atoms with Crippen molar-refractivity contribution in [3.05, 3.63) is 63.6 Å². The SMILES string of the molecule is N#Cc1cccc(NC(=O)COC(=O)c2cc(Cl)ccc2Cl)c1. The third kappa shape index (κ3) is 4.71. The van der Waals surface area contributed by atoms with Crippen molar-refractivity contribution in [3.63, 3.8) is 0 Å². The average molecular weight is 349 g/mol. The third-order valence-corrected chi connectivity index (χ3v) is 3.32. The van der Waals surface area contributed by atoms with Crippen LogP contribution in [-0.4, -0.2) is 18.5 Å². The molecule has 1 N–H and O–H groups in total. The predicted octanol–water partition coefficient (Wildman–Crippen LogP) is 3.66. The van der Waals surface area contributed by atoms with Gasteiger partial charge in [0, 0.05) is 10.7 Å². The Hall–Kier alpha value is -2.55. The van der Waals surface area contributed by atoms with Crippen LogP contribution in [0.4, 0.5) is 5.69 Å². The van der Waals surface area contributed by atoms with Crippen LogP contribution in [0.2, 0.25) is 10.0 Å². The largest absolute Gasteiger partial charge is 0.452 e. The van der Waals surface area contributed by atoms with E-state index in [4.69, 9.17) is 33.2 Å². The van der Waals surface area contributed by atoms with Gasteiger partial charge in [-0.3, -0.25) is 4.79 Å². The van der Waals surface area contributed by atoms with E-state index in [1.807, 2.05) is 6.07 Å². The van der Waals surface area contributed by atoms with Gasteiger partial charge < -0.3 is 10.1 Å². The summed E-state index contributed by atoms with van der Waals surface area (Å²) in [4.78, 5) is 23.7. The van der Waals surface area contributed by atoms with Crippen molar-refractivity contribution in [2.75, 3.05) is 11.9 Å². The van der Waals surface area contributed by atoms with Crippen LogP contribution in [0, 0.1) is 11.3 Å². The number of rotatable bonds is 4. The van der Waals surface area contributed by atoms with Gasteiger partial charge >= 0.3 is 5.97 Å². The molecule has 0 unspecified atom stereocenters. The summed E-state index contributed by atoms with van der Waals surface area (Å²) in [5, 5.41) is 11.8. The first kappa shape index (κ1) is 16.8. The molecule has 0 saturated heterocycles. The molecular weight excluding hydrogens is 339 g/mol. The number of nitrogens with zero attached hydrogens (tertiary/aromatic N) is 1. The molecule has 0 radical (unpaired) electrons. The number of hydrogen-bond donors (Lipinski definition) is 1. The zero-order valence-corrected chi connectivity index (χ0v) is 13.2. The number of esters is 1. The lowest BCUT2D eigenvalue weighted by Crippen LogP contribution is -2.21. The van der Waals surface area contributed by atoms with Crippen molar-refractivity contribution in [2.45, 2.75) is 0 Å². The first-order chi connectivity index (χ1) is 11.0. The molecule has 0 fully saturated rings. The summed E-state index contributed by atoms with van der Waals surface area (Å²) in [6.45, 7) is -0.488. The summed E-state index contributed by atoms with van der Waals surface area (Å²) >= 11 is 11.7. The molecule has 2 aromatic carbocycles. The van der Waals surface area contributed by atoms with Gasteiger partial charge in [0.15, 0.2) is 6.61 Å². The lowest BCUT2D eigenvalue weighted by molar-refractivity contribution is -0.119. The quantitative estimate of drug-likeness (QED) is 0.855. The minimum atomic E-state index is -0.751. The second-order valence-electron chi connectivity index (χ2n) is 4.44. The molecule has 5 nitrogen and oxygen atoms in total. The summed E-state index contributed by atoms with van der Waals surface area (Å²) < 4.78 is 4.90. The van der Waals surface area contributed by atoms with Gasteiger partial charge in [-0.1, -0.05) is 29.3 Å². The van der Waals surface area contributed by atoms with E-state index in [1.54, 1.807) is 18.2 Å². The van der Waals surface area contributed by atoms with Gasteiger partial charge in [-0.15, -0.1) is 0 Å². The summed E-state index contributed by atoms with van der Waals surface area (Å²) in [5.74, 6) is -1.29. The first-order valence-electron chi connectivity index (χ1n) is 6.42. The van der Waals surface area contributed by atoms with E-state index in [0.717, 1.165) is 0 Å². The molecule has 23 heavy (non-hydrogen) atoms. The second kappa shape index (κ2) is 7.63. The van der Waals surface area contributed by atoms with Crippen LogP contribution in [0.5, 0.6) is 0 Å². The van der Waals surface area contributed by atoms with Crippen LogP contribution in [0.25, 0.3) is 0 Å². The van der Waals surface area contributed by atoms with Crippen molar-refractivity contribution < 1.29 is 14.3 Å². The second-order valence-corrected chi connectivity index (χ2v) is 5.28. The highest BCUT2D eigenvalue weighted by molar-refractivity contribution is 6.35. The van der Waals surface area contributed by atoms with Gasteiger partial charge in [0.2, 0.25) is 0 Å². The van der Waals surface area contributed by atoms with E-state index in [0.29, 0.717) is 16.3 Å². The molecule has 0 aliphatic rings. The number of hydrogen-bond acceptors (Lipinski definition) is 4. The fourth-order valence-corrected chi connectivity index (χ4v) is 2.09. The van der Waals surface area contributed by atoms with Crippen LogP contribution in [-0.2, 0) is 9.53 Å². The van der Waals surface area contributed by atoms with E-state index in [2.05, 4.69) is 5.32 Å². The van der Waals surface area contributed by atoms with E-state index in [9.17, 15) is 9.59 Å². The number of amides is 1. The molecule has 0 aliphatic heterocycles. The lowest BCUT2D eigenvalue weighted by Gasteiger charge is -2.08. The first-order valence-corrected chi connectivity index (χ1v) is 7.17. The number of ether oxygens (including phenoxy) is 1. The van der Waals surface area contributed by atoms with Gasteiger partial charge in [0.1, 0.15) is 0 Å². The lowest BCUT2D eigenvalue weighted by atomic mass is 10.2. The van der Waals surface area contributed by atoms with Crippen LogP contribution in [0.1, 0.15) is 15.9 Å². The maximum Gasteiger partial charge on any atom is 0.340 e. The Bertz CT molecular complexity index is 800. The molecule has 7 heteroatoms. The maximum absolute atomic E-state index is 11.9. The van der Waals surface area contributed by atoms with Gasteiger partial charge in [-0.05, 0) is 36.4 Å². The minimum Gasteiger partial charge on any atom is -0.452 e. The highest BCUT2D eigenvalue weighted by Gasteiger charge is 2.14. The Morgan fingerprint density at radius 1 is 1.17 bits per heavy atom. The topological polar surface area (TPSA) is 79.2 Å². The maximum atomic E-state index is 11.9. The number of carbonyl (C=O) groups excluding carboxylic acids is 2. The zero-order valence-electron chi connectivity index (χ0n) is 11.7. The molecule has 0 atom stereocenters. The molecule has 0 saturated carbocycles. The molecule has 0 aromatic heterocycles. The molecule has 0 spiro atoms. The van der Waals surface area contributed by atoms with Crippen molar-refractivity contribution in [1.82, 2.24) is 0 Å². The van der Waals surface area contributed by atoms with Gasteiger partial charge in [-0.25, -0.2) is 4.79 Å². The van der Waals surface area contributed by atoms with Gasteiger partial charge in [0.05, 0.1) is 22.2 Å². The molecule has 0 aliphatic carbocycles. The number of halogens is 2. The number of nitrogens with one attached hydrogen (secondary N) is 1. The predicted molar refractivity (Wildman–Crippen MR) is 86.5 cm³/mol. The Morgan fingerprint density at radius 3 is 2.70 bits per heavy atom. The number of carbonyl (C=O) groups is 2. The van der Waals surface area contributed by atoms with Crippen LogP contribution in [0.3, 0.4) is 0 Å². The highest BCUT2D eigenvalue weighted by atomic mass is 35.5. The fraction of sp³-hybridized carbons (Fsp3) is 0.0625. The van der Waals surface area contributed by atoms with Crippen molar-refractivity contribution >= 4 is 40.8 Å². The van der Waals surface area contributed by atoms with Crippen molar-refractivity contribution in [3.8, 4) is 6.07 Å². The highest BCUT2D eigenvalue weighted by Crippen LogP contribution is 2.21. The van der Waals surface area contributed by atoms with Crippen LogP contribution < -0.4 is 5.32 Å². The smallest absolute Gasteiger partial charge is 0.340 e. The molecule has 0 heterocycles. The van der Waals surface area contributed by atoms with Crippen molar-refractivity contribution in [2.24, 2.45) is 0 Å². The van der Waals surface area contributed by atoms with E-state index in [1.165, 1.54) is 24.3 Å². The Labute approximate surface area is 142 Å². The Kier molecular flexibility index (Phi) is 5.58. The molecular formula is C16H10Cl2N2O3. The summed E-state index contributed by atoms with van der Waals surface area (Å²) in [6, 6.07) is 12.7. The number of anilines is 1. The monoisotopic (exact) mass is 348 g/mol. The number of benzene rings is 2. The Balaban J connectivity index is 1.95. The van der Waals surface area contributed by atoms with Crippen LogP contribution >= 0.6 is 23.2 Å².